The Balaban J connectivity index is 1.64. The molecule has 4 aromatic rings. The van der Waals surface area contributed by atoms with Gasteiger partial charge in [0.2, 0.25) is 0 Å². The topological polar surface area (TPSA) is 115 Å². The highest BCUT2D eigenvalue weighted by molar-refractivity contribution is 14.1. The van der Waals surface area contributed by atoms with E-state index in [1.165, 1.54) is 23.0 Å². The van der Waals surface area contributed by atoms with Crippen LogP contribution in [0, 0.1) is 7.14 Å². The number of carbonyl (C=O) groups is 2. The average Bonchev–Trinajstić information content (AvgIpc) is 3.37. The maximum Gasteiger partial charge on any atom is 0.343 e. The van der Waals surface area contributed by atoms with Gasteiger partial charge in [-0.25, -0.2) is 14.6 Å². The average molecular weight is 963 g/mol. The molecular weight excluding hydrogens is 933 g/mol. The third kappa shape index (κ3) is 8.49. The quantitative estimate of drug-likeness (QED) is 0.112. The van der Waals surface area contributed by atoms with Gasteiger partial charge < -0.3 is 23.7 Å². The summed E-state index contributed by atoms with van der Waals surface area (Å²) in [6.07, 6.45) is 1.77. The van der Waals surface area contributed by atoms with Crippen LogP contribution in [-0.2, 0) is 25.7 Å². The Bertz CT molecular complexity index is 2180. The summed E-state index contributed by atoms with van der Waals surface area (Å²) >= 11 is 18.1. The van der Waals surface area contributed by atoms with Gasteiger partial charge in [0.25, 0.3) is 5.56 Å². The van der Waals surface area contributed by atoms with Crippen LogP contribution in [0.5, 0.6) is 17.2 Å². The molecule has 5 rings (SSSR count). The first-order valence-electron chi connectivity index (χ1n) is 15.2. The van der Waals surface area contributed by atoms with Crippen LogP contribution in [0.4, 0.5) is 0 Å². The second-order valence-corrected chi connectivity index (χ2v) is 14.9. The fraction of sp³-hybridized carbons (Fsp3) is 0.257. The van der Waals surface area contributed by atoms with Crippen molar-refractivity contribution >= 4 is 97.7 Å². The molecule has 1 aliphatic rings. The number of hydrogen-bond donors (Lipinski definition) is 0. The summed E-state index contributed by atoms with van der Waals surface area (Å²) in [4.78, 5) is 44.7. The van der Waals surface area contributed by atoms with Crippen molar-refractivity contribution in [2.24, 2.45) is 4.99 Å². The fourth-order valence-corrected chi connectivity index (χ4v) is 8.70. The minimum absolute atomic E-state index is 0.131. The molecule has 0 N–H and O–H groups in total. The highest BCUT2D eigenvalue weighted by atomic mass is 127. The Kier molecular flexibility index (Phi) is 12.9. The lowest BCUT2D eigenvalue weighted by Gasteiger charge is -2.25. The van der Waals surface area contributed by atoms with Gasteiger partial charge in [-0.1, -0.05) is 46.7 Å². The van der Waals surface area contributed by atoms with Gasteiger partial charge >= 0.3 is 11.9 Å². The molecule has 0 radical (unpaired) electrons. The number of methoxy groups -OCH3 is 1. The largest absolute Gasteiger partial charge is 0.490 e. The third-order valence-electron chi connectivity index (χ3n) is 7.38. The number of hydrogen-bond acceptors (Lipinski definition) is 10. The Morgan fingerprint density at radius 1 is 1.00 bits per heavy atom. The molecule has 1 aliphatic heterocycles. The van der Waals surface area contributed by atoms with Crippen LogP contribution >= 0.6 is 79.7 Å². The molecule has 50 heavy (non-hydrogen) atoms. The Morgan fingerprint density at radius 3 is 2.48 bits per heavy atom. The van der Waals surface area contributed by atoms with Gasteiger partial charge in [0, 0.05) is 24.7 Å². The number of halogens is 4. The lowest BCUT2D eigenvalue weighted by atomic mass is 9.95. The number of fused-ring (bicyclic) bond motifs is 1. The van der Waals surface area contributed by atoms with Crippen molar-refractivity contribution in [1.29, 1.82) is 0 Å². The van der Waals surface area contributed by atoms with Crippen LogP contribution in [0.2, 0.25) is 10.0 Å². The molecular formula is C35H30Cl2I2N2O8S. The predicted molar refractivity (Wildman–Crippen MR) is 208 cm³/mol. The molecule has 1 atom stereocenters. The molecule has 0 saturated heterocycles. The molecule has 0 saturated carbocycles. The number of nitrogens with zero attached hydrogens (tertiary/aromatic N) is 2. The number of benzene rings is 3. The number of carbonyl (C=O) groups excluding carboxylic acids is 2. The van der Waals surface area contributed by atoms with E-state index in [0.717, 1.165) is 12.7 Å². The van der Waals surface area contributed by atoms with E-state index in [9.17, 15) is 14.4 Å². The van der Waals surface area contributed by atoms with Crippen molar-refractivity contribution < 1.29 is 33.3 Å². The minimum Gasteiger partial charge on any atom is -0.490 e. The molecule has 15 heteroatoms. The summed E-state index contributed by atoms with van der Waals surface area (Å²) in [5.41, 5.74) is 2.25. The number of esters is 2. The third-order valence-corrected chi connectivity index (χ3v) is 10.4. The molecule has 0 bridgehead atoms. The van der Waals surface area contributed by atoms with E-state index >= 15 is 0 Å². The van der Waals surface area contributed by atoms with E-state index in [4.69, 9.17) is 46.9 Å². The smallest absolute Gasteiger partial charge is 0.343 e. The van der Waals surface area contributed by atoms with Crippen LogP contribution in [0.3, 0.4) is 0 Å². The molecule has 2 heterocycles. The molecule has 10 nitrogen and oxygen atoms in total. The van der Waals surface area contributed by atoms with Crippen LogP contribution in [0.25, 0.3) is 6.08 Å². The number of rotatable bonds is 12. The Labute approximate surface area is 328 Å². The fourth-order valence-electron chi connectivity index (χ4n) is 5.15. The molecule has 1 aromatic heterocycles. The van der Waals surface area contributed by atoms with Gasteiger partial charge in [0.15, 0.2) is 22.9 Å². The summed E-state index contributed by atoms with van der Waals surface area (Å²) in [7, 11) is 1.27. The lowest BCUT2D eigenvalue weighted by molar-refractivity contribution is -0.143. The first-order chi connectivity index (χ1) is 23.9. The van der Waals surface area contributed by atoms with E-state index in [2.05, 4.69) is 50.2 Å². The summed E-state index contributed by atoms with van der Waals surface area (Å²) in [5.74, 6) is 0.0433. The maximum absolute atomic E-state index is 14.4. The zero-order chi connectivity index (χ0) is 36.1. The van der Waals surface area contributed by atoms with Crippen molar-refractivity contribution in [2.45, 2.75) is 33.4 Å². The summed E-state index contributed by atoms with van der Waals surface area (Å²) in [5, 5.41) is 1.01. The van der Waals surface area contributed by atoms with Crippen LogP contribution in [0.1, 0.15) is 43.5 Å². The van der Waals surface area contributed by atoms with Gasteiger partial charge in [0.05, 0.1) is 45.7 Å². The number of allylic oxidation sites excluding steroid dienone is 1. The standard InChI is InChI=1S/C35H30Cl2I2N2O8S/c1-5-46-27-12-19(8-10-26(27)48-17-29(42)45-4)31-30(34(44)47-6-2)18(3)40-35-41(31)33(43)28(50-35)13-21-11-23(38)15-25(39)32(21)49-16-20-7-9-22(36)14-24(20)37/h7-15,31H,5-6,16-17H2,1-4H3/b28-13+/t31-/m0/s1. The molecule has 0 aliphatic carbocycles. The molecule has 0 spiro atoms. The van der Waals surface area contributed by atoms with Gasteiger partial charge in [0.1, 0.15) is 12.4 Å². The van der Waals surface area contributed by atoms with E-state index in [0.29, 0.717) is 60.1 Å². The summed E-state index contributed by atoms with van der Waals surface area (Å²) < 4.78 is 31.6. The summed E-state index contributed by atoms with van der Waals surface area (Å²) in [6, 6.07) is 13.2. The highest BCUT2D eigenvalue weighted by Crippen LogP contribution is 2.37. The van der Waals surface area contributed by atoms with Gasteiger partial charge in [-0.15, -0.1) is 0 Å². The van der Waals surface area contributed by atoms with Gasteiger partial charge in [-0.2, -0.15) is 0 Å². The van der Waals surface area contributed by atoms with Crippen LogP contribution in [-0.4, -0.2) is 43.4 Å². The van der Waals surface area contributed by atoms with Crippen molar-refractivity contribution in [3.8, 4) is 17.2 Å². The molecule has 0 unspecified atom stereocenters. The number of aromatic nitrogens is 1. The second kappa shape index (κ2) is 16.9. The van der Waals surface area contributed by atoms with Crippen LogP contribution < -0.4 is 29.1 Å². The first kappa shape index (κ1) is 38.1. The monoisotopic (exact) mass is 962 g/mol. The molecule has 3 aromatic carbocycles. The highest BCUT2D eigenvalue weighted by Gasteiger charge is 2.34. The molecule has 0 amide bonds. The first-order valence-corrected chi connectivity index (χ1v) is 18.9. The van der Waals surface area contributed by atoms with Crippen molar-refractivity contribution in [3.63, 3.8) is 0 Å². The van der Waals surface area contributed by atoms with Crippen molar-refractivity contribution in [2.75, 3.05) is 26.9 Å². The van der Waals surface area contributed by atoms with E-state index in [-0.39, 0.29) is 31.0 Å². The minimum atomic E-state index is -0.903. The maximum atomic E-state index is 14.4. The zero-order valence-corrected chi connectivity index (χ0v) is 33.8. The van der Waals surface area contributed by atoms with Crippen LogP contribution in [0.15, 0.2) is 69.6 Å². The number of thiazole rings is 1. The molecule has 0 fully saturated rings. The number of ether oxygens (including phenoxy) is 5. The van der Waals surface area contributed by atoms with E-state index in [1.54, 1.807) is 56.3 Å². The zero-order valence-electron chi connectivity index (χ0n) is 27.2. The lowest BCUT2D eigenvalue weighted by Crippen LogP contribution is -2.40. The predicted octanol–water partition coefficient (Wildman–Crippen LogP) is 6.84. The van der Waals surface area contributed by atoms with Gasteiger partial charge in [-0.3, -0.25) is 9.36 Å². The van der Waals surface area contributed by atoms with E-state index < -0.39 is 18.0 Å². The summed E-state index contributed by atoms with van der Waals surface area (Å²) in [6.45, 7) is 5.51. The second-order valence-electron chi connectivity index (χ2n) is 10.6. The van der Waals surface area contributed by atoms with E-state index in [1.807, 2.05) is 19.1 Å². The Morgan fingerprint density at radius 2 is 1.78 bits per heavy atom. The Hall–Kier alpha value is -3.12. The van der Waals surface area contributed by atoms with Crippen molar-refractivity contribution in [1.82, 2.24) is 4.57 Å². The van der Waals surface area contributed by atoms with Crippen molar-refractivity contribution in [3.05, 3.63) is 113 Å². The molecule has 262 valence electrons. The van der Waals surface area contributed by atoms with Gasteiger partial charge in [-0.05, 0) is 114 Å². The SMILES string of the molecule is CCOC(=O)C1=C(C)N=c2s/c(=C/c3cc(I)cc(I)c3OCc3ccc(Cl)cc3Cl)c(=O)n2[C@H]1c1ccc(OCC(=O)OC)c(OCC)c1. The normalized spacial score (nSPS) is 14.2.